The number of carbonyl (C=O) groups is 2. The molecule has 6 heteroatoms. The quantitative estimate of drug-likeness (QED) is 0.545. The molecule has 0 aliphatic carbocycles. The molecule has 2 amide bonds. The van der Waals surface area contributed by atoms with Crippen molar-refractivity contribution in [3.8, 4) is 0 Å². The molecule has 0 saturated carbocycles. The van der Waals surface area contributed by atoms with E-state index in [9.17, 15) is 9.59 Å². The Kier molecular flexibility index (Phi) is 6.98. The zero-order valence-corrected chi connectivity index (χ0v) is 15.6. The fourth-order valence-corrected chi connectivity index (χ4v) is 2.57. The number of hydrogen-bond acceptors (Lipinski definition) is 2. The van der Waals surface area contributed by atoms with E-state index in [2.05, 4.69) is 33.1 Å². The molecule has 0 fully saturated rings. The molecule has 2 aromatic rings. The van der Waals surface area contributed by atoms with E-state index in [1.54, 1.807) is 54.6 Å². The van der Waals surface area contributed by atoms with Crippen LogP contribution in [0.15, 0.2) is 71.4 Å². The summed E-state index contributed by atoms with van der Waals surface area (Å²) >= 11 is 9.21. The van der Waals surface area contributed by atoms with Gasteiger partial charge in [0, 0.05) is 16.0 Å². The van der Waals surface area contributed by atoms with Gasteiger partial charge in [0.05, 0.1) is 5.56 Å². The molecule has 0 aliphatic heterocycles. The summed E-state index contributed by atoms with van der Waals surface area (Å²) in [4.78, 5) is 24.8. The van der Waals surface area contributed by atoms with Crippen LogP contribution in [0.3, 0.4) is 0 Å². The predicted molar refractivity (Wildman–Crippen MR) is 104 cm³/mol. The first-order valence-corrected chi connectivity index (χ1v) is 8.60. The third kappa shape index (κ3) is 5.59. The number of halogens is 2. The second-order valence-electron chi connectivity index (χ2n) is 5.04. The second kappa shape index (κ2) is 9.20. The van der Waals surface area contributed by atoms with Crippen LogP contribution in [0.4, 0.5) is 0 Å². The first-order valence-electron chi connectivity index (χ1n) is 7.43. The smallest absolute Gasteiger partial charge is 0.268 e. The summed E-state index contributed by atoms with van der Waals surface area (Å²) < 4.78 is 0.643. The van der Waals surface area contributed by atoms with E-state index >= 15 is 0 Å². The third-order valence-corrected chi connectivity index (χ3v) is 4.14. The number of carbonyl (C=O) groups excluding carboxylic acids is 2. The van der Waals surface area contributed by atoms with Crippen LogP contribution in [-0.2, 0) is 4.79 Å². The summed E-state index contributed by atoms with van der Waals surface area (Å²) in [6, 6.07) is 13.9. The first-order chi connectivity index (χ1) is 12.0. The van der Waals surface area contributed by atoms with Crippen molar-refractivity contribution < 1.29 is 9.59 Å². The Morgan fingerprint density at radius 2 is 1.80 bits per heavy atom. The molecule has 0 aromatic heterocycles. The maximum Gasteiger partial charge on any atom is 0.268 e. The highest BCUT2D eigenvalue weighted by Crippen LogP contribution is 2.17. The average Bonchev–Trinajstić information content (AvgIpc) is 2.61. The lowest BCUT2D eigenvalue weighted by Gasteiger charge is -2.11. The maximum absolute atomic E-state index is 12.5. The minimum absolute atomic E-state index is 0.130. The van der Waals surface area contributed by atoms with Crippen LogP contribution in [0.25, 0.3) is 6.08 Å². The van der Waals surface area contributed by atoms with Gasteiger partial charge in [0.15, 0.2) is 0 Å². The van der Waals surface area contributed by atoms with E-state index in [-0.39, 0.29) is 11.6 Å². The van der Waals surface area contributed by atoms with E-state index < -0.39 is 5.91 Å². The fourth-order valence-electron chi connectivity index (χ4n) is 1.98. The third-order valence-electron chi connectivity index (χ3n) is 3.20. The zero-order valence-electron chi connectivity index (χ0n) is 13.3. The van der Waals surface area contributed by atoms with Crippen LogP contribution in [0.5, 0.6) is 0 Å². The zero-order chi connectivity index (χ0) is 18.2. The predicted octanol–water partition coefficient (Wildman–Crippen LogP) is 4.18. The summed E-state index contributed by atoms with van der Waals surface area (Å²) in [5.74, 6) is -0.795. The summed E-state index contributed by atoms with van der Waals surface area (Å²) in [5, 5.41) is 5.91. The van der Waals surface area contributed by atoms with Crippen LogP contribution in [0.2, 0.25) is 5.02 Å². The van der Waals surface area contributed by atoms with Gasteiger partial charge in [-0.2, -0.15) is 0 Å². The highest BCUT2D eigenvalue weighted by Gasteiger charge is 2.15. The van der Waals surface area contributed by atoms with Gasteiger partial charge >= 0.3 is 0 Å². The lowest BCUT2D eigenvalue weighted by atomic mass is 10.1. The summed E-state index contributed by atoms with van der Waals surface area (Å²) in [6.45, 7) is 3.86. The average molecular weight is 420 g/mol. The van der Waals surface area contributed by atoms with E-state index in [0.29, 0.717) is 21.6 Å². The Morgan fingerprint density at radius 1 is 1.12 bits per heavy atom. The van der Waals surface area contributed by atoms with Crippen molar-refractivity contribution >= 4 is 45.4 Å². The second-order valence-corrected chi connectivity index (χ2v) is 6.33. The minimum atomic E-state index is -0.407. The van der Waals surface area contributed by atoms with Crippen LogP contribution >= 0.6 is 27.5 Å². The molecular formula is C19H16BrClN2O2. The molecule has 2 aromatic carbocycles. The Balaban J connectivity index is 2.29. The molecule has 25 heavy (non-hydrogen) atoms. The molecule has 0 spiro atoms. The Bertz CT molecular complexity index is 816. The summed E-state index contributed by atoms with van der Waals surface area (Å²) in [6.07, 6.45) is 3.15. The molecule has 0 unspecified atom stereocenters. The largest absolute Gasteiger partial charge is 0.347 e. The number of nitrogens with one attached hydrogen (secondary N) is 2. The van der Waals surface area contributed by atoms with Gasteiger partial charge in [-0.05, 0) is 51.8 Å². The van der Waals surface area contributed by atoms with E-state index in [0.717, 1.165) is 5.56 Å². The van der Waals surface area contributed by atoms with Crippen molar-refractivity contribution in [2.75, 3.05) is 6.54 Å². The van der Waals surface area contributed by atoms with Gasteiger partial charge in [0.25, 0.3) is 11.8 Å². The highest BCUT2D eigenvalue weighted by atomic mass is 79.9. The minimum Gasteiger partial charge on any atom is -0.347 e. The van der Waals surface area contributed by atoms with Gasteiger partial charge in [0.1, 0.15) is 5.70 Å². The lowest BCUT2D eigenvalue weighted by molar-refractivity contribution is -0.117. The van der Waals surface area contributed by atoms with E-state index in [4.69, 9.17) is 11.6 Å². The summed E-state index contributed by atoms with van der Waals surface area (Å²) in [7, 11) is 0. The fraction of sp³-hybridized carbons (Fsp3) is 0.0526. The van der Waals surface area contributed by atoms with Crippen molar-refractivity contribution in [1.29, 1.82) is 0 Å². The van der Waals surface area contributed by atoms with Gasteiger partial charge in [-0.1, -0.05) is 41.9 Å². The van der Waals surface area contributed by atoms with Crippen molar-refractivity contribution in [2.45, 2.75) is 0 Å². The van der Waals surface area contributed by atoms with Crippen molar-refractivity contribution in [1.82, 2.24) is 10.6 Å². The van der Waals surface area contributed by atoms with Gasteiger partial charge in [-0.15, -0.1) is 6.58 Å². The molecule has 4 nitrogen and oxygen atoms in total. The number of rotatable bonds is 6. The van der Waals surface area contributed by atoms with E-state index in [1.807, 2.05) is 6.07 Å². The van der Waals surface area contributed by atoms with Gasteiger partial charge in [-0.3, -0.25) is 9.59 Å². The number of amides is 2. The summed E-state index contributed by atoms with van der Waals surface area (Å²) in [5.41, 5.74) is 1.30. The van der Waals surface area contributed by atoms with Gasteiger partial charge in [-0.25, -0.2) is 0 Å². The van der Waals surface area contributed by atoms with Gasteiger partial charge in [0.2, 0.25) is 0 Å². The number of benzene rings is 2. The SMILES string of the molecule is C=CCNC(=O)C(=Cc1ccc(Cl)cc1)NC(=O)c1ccccc1Br. The van der Waals surface area contributed by atoms with Crippen LogP contribution in [-0.4, -0.2) is 18.4 Å². The Morgan fingerprint density at radius 3 is 2.44 bits per heavy atom. The maximum atomic E-state index is 12.5. The lowest BCUT2D eigenvalue weighted by Crippen LogP contribution is -2.35. The normalized spacial score (nSPS) is 10.9. The molecule has 2 N–H and O–H groups in total. The van der Waals surface area contributed by atoms with Gasteiger partial charge < -0.3 is 10.6 Å². The molecule has 0 bridgehead atoms. The molecule has 0 atom stereocenters. The Hall–Kier alpha value is -2.37. The molecule has 0 aliphatic rings. The molecule has 2 rings (SSSR count). The van der Waals surface area contributed by atoms with Crippen molar-refractivity contribution in [3.63, 3.8) is 0 Å². The van der Waals surface area contributed by atoms with Crippen LogP contribution in [0, 0.1) is 0 Å². The molecule has 0 saturated heterocycles. The van der Waals surface area contributed by atoms with Crippen molar-refractivity contribution in [3.05, 3.63) is 87.5 Å². The molecule has 128 valence electrons. The van der Waals surface area contributed by atoms with E-state index in [1.165, 1.54) is 0 Å². The number of hydrogen-bond donors (Lipinski definition) is 2. The van der Waals surface area contributed by atoms with Crippen LogP contribution < -0.4 is 10.6 Å². The Labute approximate surface area is 159 Å². The molecule has 0 heterocycles. The highest BCUT2D eigenvalue weighted by molar-refractivity contribution is 9.10. The van der Waals surface area contributed by atoms with Crippen LogP contribution in [0.1, 0.15) is 15.9 Å². The molecular weight excluding hydrogens is 404 g/mol. The monoisotopic (exact) mass is 418 g/mol. The first kappa shape index (κ1) is 19.0. The standard InChI is InChI=1S/C19H16BrClN2O2/c1-2-11-22-19(25)17(12-13-7-9-14(21)10-8-13)23-18(24)15-5-3-4-6-16(15)20/h2-10,12H,1,11H2,(H,22,25)(H,23,24). The van der Waals surface area contributed by atoms with Crippen molar-refractivity contribution in [2.24, 2.45) is 0 Å². The topological polar surface area (TPSA) is 58.2 Å². The molecule has 0 radical (unpaired) electrons.